The number of quaternary nitrogens is 1. The number of hydrogen-bond donors (Lipinski definition) is 2. The maximum Gasteiger partial charge on any atom is 0.231 e. The van der Waals surface area contributed by atoms with Crippen molar-refractivity contribution in [1.82, 2.24) is 4.98 Å². The molecule has 0 aliphatic carbocycles. The summed E-state index contributed by atoms with van der Waals surface area (Å²) in [6, 6.07) is 1.96. The highest BCUT2D eigenvalue weighted by molar-refractivity contribution is 5.56. The summed E-state index contributed by atoms with van der Waals surface area (Å²) in [4.78, 5) is 5.85. The van der Waals surface area contributed by atoms with Crippen LogP contribution in [0.2, 0.25) is 0 Å². The molecule has 2 heterocycles. The van der Waals surface area contributed by atoms with Crippen LogP contribution in [0.15, 0.2) is 6.07 Å². The predicted octanol–water partition coefficient (Wildman–Crippen LogP) is -0.325. The highest BCUT2D eigenvalue weighted by Gasteiger charge is 2.24. The lowest BCUT2D eigenvalue weighted by atomic mass is 10.2. The number of likely N-dealkylation sites (N-methyl/N-ethyl adjacent to an activating group) is 1. The van der Waals surface area contributed by atoms with Crippen molar-refractivity contribution in [1.29, 1.82) is 0 Å². The highest BCUT2D eigenvalue weighted by atomic mass is 15.2. The smallest absolute Gasteiger partial charge is 0.231 e. The summed E-state index contributed by atoms with van der Waals surface area (Å²) in [5.74, 6) is 1.15. The van der Waals surface area contributed by atoms with E-state index < -0.39 is 0 Å². The maximum atomic E-state index is 5.88. The van der Waals surface area contributed by atoms with Crippen LogP contribution in [0.4, 0.5) is 11.5 Å². The topological polar surface area (TPSA) is 43.3 Å². The van der Waals surface area contributed by atoms with Crippen molar-refractivity contribution in [3.63, 3.8) is 0 Å². The average Bonchev–Trinajstić information content (AvgIpc) is 2.33. The number of rotatable bonds is 0. The lowest BCUT2D eigenvalue weighted by molar-refractivity contribution is -0.805. The number of hydrogen-bond acceptors (Lipinski definition) is 2. The SMILES string of the molecule is Cc1cc(N)c2c(n1)[NH+](C)CC2. The monoisotopic (exact) mass is 164 g/mol. The first-order valence-electron chi connectivity index (χ1n) is 4.27. The first kappa shape index (κ1) is 7.55. The van der Waals surface area contributed by atoms with Gasteiger partial charge in [0.25, 0.3) is 0 Å². The van der Waals surface area contributed by atoms with E-state index >= 15 is 0 Å². The molecule has 0 aromatic carbocycles. The molecule has 1 unspecified atom stereocenters. The van der Waals surface area contributed by atoms with Crippen LogP contribution in [0.5, 0.6) is 0 Å². The van der Waals surface area contributed by atoms with Crippen LogP contribution in [0.1, 0.15) is 11.3 Å². The lowest BCUT2D eigenvalue weighted by Gasteiger charge is -2.05. The van der Waals surface area contributed by atoms with E-state index in [9.17, 15) is 0 Å². The first-order valence-corrected chi connectivity index (χ1v) is 4.27. The number of pyridine rings is 1. The first-order chi connectivity index (χ1) is 5.68. The van der Waals surface area contributed by atoms with Gasteiger partial charge >= 0.3 is 0 Å². The molecule has 2 rings (SSSR count). The van der Waals surface area contributed by atoms with Gasteiger partial charge in [0.2, 0.25) is 5.82 Å². The summed E-state index contributed by atoms with van der Waals surface area (Å²) in [6.07, 6.45) is 1.07. The summed E-state index contributed by atoms with van der Waals surface area (Å²) in [6.45, 7) is 3.11. The van der Waals surface area contributed by atoms with Crippen LogP contribution >= 0.6 is 0 Å². The van der Waals surface area contributed by atoms with Gasteiger partial charge in [-0.2, -0.15) is 0 Å². The Balaban J connectivity index is 2.60. The molecule has 3 nitrogen and oxygen atoms in total. The Morgan fingerprint density at radius 1 is 1.58 bits per heavy atom. The van der Waals surface area contributed by atoms with Gasteiger partial charge in [-0.25, -0.2) is 4.98 Å². The van der Waals surface area contributed by atoms with E-state index in [0.29, 0.717) is 0 Å². The fraction of sp³-hybridized carbons (Fsp3) is 0.444. The molecule has 0 fully saturated rings. The van der Waals surface area contributed by atoms with Gasteiger partial charge in [-0.3, -0.25) is 4.90 Å². The van der Waals surface area contributed by atoms with Gasteiger partial charge in [0, 0.05) is 17.8 Å². The predicted molar refractivity (Wildman–Crippen MR) is 48.5 cm³/mol. The summed E-state index contributed by atoms with van der Waals surface area (Å²) in [5, 5.41) is 0. The van der Waals surface area contributed by atoms with Crippen LogP contribution < -0.4 is 10.6 Å². The molecule has 64 valence electrons. The Kier molecular flexibility index (Phi) is 1.54. The summed E-state index contributed by atoms with van der Waals surface area (Å²) < 4.78 is 0. The Morgan fingerprint density at radius 3 is 3.08 bits per heavy atom. The number of nitrogens with one attached hydrogen (secondary N) is 1. The molecule has 0 radical (unpaired) electrons. The van der Waals surface area contributed by atoms with Gasteiger partial charge in [0.1, 0.15) is 0 Å². The molecule has 3 heteroatoms. The number of aryl methyl sites for hydroxylation is 1. The van der Waals surface area contributed by atoms with E-state index in [0.717, 1.165) is 30.2 Å². The molecule has 0 amide bonds. The summed E-state index contributed by atoms with van der Waals surface area (Å²) in [7, 11) is 2.14. The molecule has 0 bridgehead atoms. The Morgan fingerprint density at radius 2 is 2.33 bits per heavy atom. The Bertz CT molecular complexity index is 320. The number of fused-ring (bicyclic) bond motifs is 1. The molecule has 1 aliphatic heterocycles. The number of nitrogens with zero attached hydrogens (tertiary/aromatic N) is 1. The van der Waals surface area contributed by atoms with E-state index in [1.807, 2.05) is 13.0 Å². The van der Waals surface area contributed by atoms with Crippen LogP contribution in [-0.4, -0.2) is 18.6 Å². The van der Waals surface area contributed by atoms with Crippen molar-refractivity contribution in [2.24, 2.45) is 0 Å². The largest absolute Gasteiger partial charge is 0.398 e. The van der Waals surface area contributed by atoms with Gasteiger partial charge in [0.15, 0.2) is 0 Å². The molecule has 1 aromatic heterocycles. The minimum Gasteiger partial charge on any atom is -0.398 e. The number of nitrogens with two attached hydrogens (primary N) is 1. The zero-order chi connectivity index (χ0) is 8.72. The van der Waals surface area contributed by atoms with Crippen LogP contribution in [-0.2, 0) is 6.42 Å². The average molecular weight is 164 g/mol. The Hall–Kier alpha value is -1.09. The number of aromatic nitrogens is 1. The van der Waals surface area contributed by atoms with Gasteiger partial charge in [-0.1, -0.05) is 0 Å². The maximum absolute atomic E-state index is 5.88. The second-order valence-electron chi connectivity index (χ2n) is 3.46. The fourth-order valence-electron chi connectivity index (χ4n) is 1.77. The van der Waals surface area contributed by atoms with Crippen LogP contribution in [0.25, 0.3) is 0 Å². The third kappa shape index (κ3) is 0.975. The second kappa shape index (κ2) is 2.45. The molecular formula is C9H14N3+. The molecule has 12 heavy (non-hydrogen) atoms. The standard InChI is InChI=1S/C9H13N3/c1-6-5-8(10)7-3-4-12(2)9(7)11-6/h5H,3-4H2,1-2H3,(H2,10,11)/p+1. The van der Waals surface area contributed by atoms with Crippen molar-refractivity contribution < 1.29 is 4.90 Å². The van der Waals surface area contributed by atoms with Gasteiger partial charge in [-0.05, 0) is 13.0 Å². The number of nitrogen functional groups attached to an aromatic ring is 1. The lowest BCUT2D eigenvalue weighted by Crippen LogP contribution is -3.02. The molecular weight excluding hydrogens is 150 g/mol. The summed E-state index contributed by atoms with van der Waals surface area (Å²) >= 11 is 0. The molecule has 1 aliphatic rings. The van der Waals surface area contributed by atoms with Crippen molar-refractivity contribution in [3.05, 3.63) is 17.3 Å². The zero-order valence-corrected chi connectivity index (χ0v) is 7.52. The molecule has 0 spiro atoms. The molecule has 0 saturated heterocycles. The minimum absolute atomic E-state index is 0.911. The van der Waals surface area contributed by atoms with Gasteiger partial charge < -0.3 is 5.73 Å². The van der Waals surface area contributed by atoms with E-state index in [-0.39, 0.29) is 0 Å². The van der Waals surface area contributed by atoms with Crippen LogP contribution in [0.3, 0.4) is 0 Å². The summed E-state index contributed by atoms with van der Waals surface area (Å²) in [5.41, 5.74) is 9.06. The van der Waals surface area contributed by atoms with Gasteiger partial charge in [-0.15, -0.1) is 0 Å². The third-order valence-electron chi connectivity index (χ3n) is 2.44. The van der Waals surface area contributed by atoms with E-state index in [2.05, 4.69) is 12.0 Å². The van der Waals surface area contributed by atoms with Gasteiger partial charge in [0.05, 0.1) is 19.2 Å². The van der Waals surface area contributed by atoms with Crippen molar-refractivity contribution >= 4 is 11.5 Å². The quantitative estimate of drug-likeness (QED) is 0.551. The molecule has 1 aromatic rings. The second-order valence-corrected chi connectivity index (χ2v) is 3.46. The van der Waals surface area contributed by atoms with E-state index in [1.165, 1.54) is 10.5 Å². The molecule has 0 saturated carbocycles. The number of anilines is 1. The van der Waals surface area contributed by atoms with E-state index in [4.69, 9.17) is 5.73 Å². The van der Waals surface area contributed by atoms with E-state index in [1.54, 1.807) is 0 Å². The Labute approximate surface area is 72.2 Å². The normalized spacial score (nSPS) is 21.0. The third-order valence-corrected chi connectivity index (χ3v) is 2.44. The molecule has 3 N–H and O–H groups in total. The highest BCUT2D eigenvalue weighted by Crippen LogP contribution is 2.21. The van der Waals surface area contributed by atoms with Crippen LogP contribution in [0, 0.1) is 6.92 Å². The van der Waals surface area contributed by atoms with Crippen molar-refractivity contribution in [2.45, 2.75) is 13.3 Å². The fourth-order valence-corrected chi connectivity index (χ4v) is 1.77. The van der Waals surface area contributed by atoms with Crippen molar-refractivity contribution in [3.8, 4) is 0 Å². The zero-order valence-electron chi connectivity index (χ0n) is 7.52. The van der Waals surface area contributed by atoms with Crippen molar-refractivity contribution in [2.75, 3.05) is 19.3 Å². The minimum atomic E-state index is 0.911. The molecule has 1 atom stereocenters.